The first-order valence-corrected chi connectivity index (χ1v) is 7.26. The topological polar surface area (TPSA) is 35.5 Å². The van der Waals surface area contributed by atoms with Gasteiger partial charge in [0, 0.05) is 0 Å². The molecule has 1 heterocycles. The van der Waals surface area contributed by atoms with Crippen molar-refractivity contribution in [2.24, 2.45) is 5.92 Å². The molecular formula is C18H18O3. The highest BCUT2D eigenvalue weighted by Crippen LogP contribution is 2.30. The molecule has 0 spiro atoms. The van der Waals surface area contributed by atoms with Crippen LogP contribution >= 0.6 is 0 Å². The highest BCUT2D eigenvalue weighted by Gasteiger charge is 2.28. The van der Waals surface area contributed by atoms with Gasteiger partial charge in [0.05, 0.1) is 24.7 Å². The molecule has 0 saturated heterocycles. The Labute approximate surface area is 124 Å². The predicted octanol–water partition coefficient (Wildman–Crippen LogP) is 3.52. The van der Waals surface area contributed by atoms with Crippen LogP contribution in [0.25, 0.3) is 0 Å². The van der Waals surface area contributed by atoms with Gasteiger partial charge in [0.1, 0.15) is 11.5 Å². The Kier molecular flexibility index (Phi) is 3.91. The van der Waals surface area contributed by atoms with Crippen molar-refractivity contribution >= 4 is 5.78 Å². The molecule has 3 rings (SSSR count). The fourth-order valence-electron chi connectivity index (χ4n) is 2.67. The van der Waals surface area contributed by atoms with Gasteiger partial charge in [0.25, 0.3) is 0 Å². The van der Waals surface area contributed by atoms with E-state index in [0.717, 1.165) is 17.7 Å². The molecule has 0 amide bonds. The Bertz CT molecular complexity index is 648. The number of carbonyl (C=O) groups is 1. The summed E-state index contributed by atoms with van der Waals surface area (Å²) < 4.78 is 11.3. The van der Waals surface area contributed by atoms with E-state index in [0.29, 0.717) is 24.5 Å². The van der Waals surface area contributed by atoms with Crippen LogP contribution in [0.2, 0.25) is 0 Å². The van der Waals surface area contributed by atoms with Crippen LogP contribution in [0, 0.1) is 5.92 Å². The van der Waals surface area contributed by atoms with E-state index in [1.54, 1.807) is 0 Å². The van der Waals surface area contributed by atoms with Crippen LogP contribution in [0.3, 0.4) is 0 Å². The number of hydrogen-bond acceptors (Lipinski definition) is 3. The summed E-state index contributed by atoms with van der Waals surface area (Å²) in [4.78, 5) is 12.7. The Morgan fingerprint density at radius 3 is 2.81 bits per heavy atom. The largest absolute Gasteiger partial charge is 0.493 e. The van der Waals surface area contributed by atoms with Gasteiger partial charge >= 0.3 is 0 Å². The van der Waals surface area contributed by atoms with Crippen LogP contribution in [0.5, 0.6) is 11.5 Å². The first-order valence-electron chi connectivity index (χ1n) is 7.26. The lowest BCUT2D eigenvalue weighted by Crippen LogP contribution is -2.28. The molecular weight excluding hydrogens is 264 g/mol. The van der Waals surface area contributed by atoms with Crippen LogP contribution in [0.15, 0.2) is 48.5 Å². The van der Waals surface area contributed by atoms with E-state index in [1.165, 1.54) is 0 Å². The van der Waals surface area contributed by atoms with Gasteiger partial charge < -0.3 is 9.47 Å². The number of benzene rings is 2. The Morgan fingerprint density at radius 2 is 1.95 bits per heavy atom. The molecule has 2 aromatic rings. The predicted molar refractivity (Wildman–Crippen MR) is 81.1 cm³/mol. The summed E-state index contributed by atoms with van der Waals surface area (Å²) >= 11 is 0. The molecule has 108 valence electrons. The molecule has 1 unspecified atom stereocenters. The Balaban J connectivity index is 1.84. The van der Waals surface area contributed by atoms with E-state index in [2.05, 4.69) is 0 Å². The van der Waals surface area contributed by atoms with Crippen molar-refractivity contribution < 1.29 is 14.3 Å². The zero-order valence-electron chi connectivity index (χ0n) is 12.0. The molecule has 0 saturated carbocycles. The monoisotopic (exact) mass is 282 g/mol. The number of Topliss-reactive ketones (excluding diaryl/α,β-unsaturated/α-hetero) is 1. The lowest BCUT2D eigenvalue weighted by atomic mass is 9.89. The van der Waals surface area contributed by atoms with Gasteiger partial charge in [-0.3, -0.25) is 4.79 Å². The standard InChI is InChI=1S/C18H18O3/c1-2-20-17-10-6-4-8-15(17)18(19)14-11-13-7-3-5-9-16(13)21-12-14/h3-10,14H,2,11-12H2,1H3. The van der Waals surface area contributed by atoms with Crippen LogP contribution in [0.4, 0.5) is 0 Å². The van der Waals surface area contributed by atoms with Crippen LogP contribution in [-0.4, -0.2) is 19.0 Å². The van der Waals surface area contributed by atoms with Crippen molar-refractivity contribution in [3.05, 3.63) is 59.7 Å². The number of carbonyl (C=O) groups excluding carboxylic acids is 1. The number of ether oxygens (including phenoxy) is 2. The molecule has 0 N–H and O–H groups in total. The second-order valence-corrected chi connectivity index (χ2v) is 5.11. The van der Waals surface area contributed by atoms with E-state index in [1.807, 2.05) is 55.5 Å². The second kappa shape index (κ2) is 6.00. The molecule has 2 aromatic carbocycles. The van der Waals surface area contributed by atoms with E-state index >= 15 is 0 Å². The van der Waals surface area contributed by atoms with E-state index in [9.17, 15) is 4.79 Å². The van der Waals surface area contributed by atoms with Crippen molar-refractivity contribution in [1.29, 1.82) is 0 Å². The fraction of sp³-hybridized carbons (Fsp3) is 0.278. The summed E-state index contributed by atoms with van der Waals surface area (Å²) in [6.45, 7) is 2.89. The molecule has 1 aliphatic rings. The van der Waals surface area contributed by atoms with Gasteiger partial charge in [-0.2, -0.15) is 0 Å². The zero-order chi connectivity index (χ0) is 14.7. The smallest absolute Gasteiger partial charge is 0.173 e. The summed E-state index contributed by atoms with van der Waals surface area (Å²) in [7, 11) is 0. The van der Waals surface area contributed by atoms with E-state index < -0.39 is 0 Å². The quantitative estimate of drug-likeness (QED) is 0.805. The molecule has 0 fully saturated rings. The fourth-order valence-corrected chi connectivity index (χ4v) is 2.67. The maximum atomic E-state index is 12.7. The van der Waals surface area contributed by atoms with E-state index in [-0.39, 0.29) is 11.7 Å². The summed E-state index contributed by atoms with van der Waals surface area (Å²) in [6, 6.07) is 15.3. The molecule has 3 nitrogen and oxygen atoms in total. The van der Waals surface area contributed by atoms with Gasteiger partial charge in [-0.05, 0) is 37.1 Å². The Morgan fingerprint density at radius 1 is 1.19 bits per heavy atom. The highest BCUT2D eigenvalue weighted by atomic mass is 16.5. The summed E-state index contributed by atoms with van der Waals surface area (Å²) in [5, 5.41) is 0. The van der Waals surface area contributed by atoms with Crippen molar-refractivity contribution in [1.82, 2.24) is 0 Å². The van der Waals surface area contributed by atoms with Crippen LogP contribution in [0.1, 0.15) is 22.8 Å². The zero-order valence-corrected chi connectivity index (χ0v) is 12.0. The molecule has 3 heteroatoms. The average Bonchev–Trinajstić information content (AvgIpc) is 2.54. The van der Waals surface area contributed by atoms with Gasteiger partial charge in [0.15, 0.2) is 5.78 Å². The number of ketones is 1. The minimum absolute atomic E-state index is 0.0913. The van der Waals surface area contributed by atoms with E-state index in [4.69, 9.17) is 9.47 Å². The third-order valence-corrected chi connectivity index (χ3v) is 3.70. The number of rotatable bonds is 4. The third kappa shape index (κ3) is 2.77. The summed E-state index contributed by atoms with van der Waals surface area (Å²) in [6.07, 6.45) is 0.718. The van der Waals surface area contributed by atoms with Crippen molar-refractivity contribution in [3.63, 3.8) is 0 Å². The van der Waals surface area contributed by atoms with Crippen LogP contribution < -0.4 is 9.47 Å². The normalized spacial score (nSPS) is 16.7. The Hall–Kier alpha value is -2.29. The van der Waals surface area contributed by atoms with Crippen molar-refractivity contribution in [2.75, 3.05) is 13.2 Å². The van der Waals surface area contributed by atoms with Crippen LogP contribution in [-0.2, 0) is 6.42 Å². The summed E-state index contributed by atoms with van der Waals surface area (Å²) in [5.74, 6) is 1.48. The molecule has 0 radical (unpaired) electrons. The second-order valence-electron chi connectivity index (χ2n) is 5.11. The first kappa shape index (κ1) is 13.7. The highest BCUT2D eigenvalue weighted by molar-refractivity contribution is 6.00. The lowest BCUT2D eigenvalue weighted by Gasteiger charge is -2.24. The molecule has 0 aliphatic carbocycles. The van der Waals surface area contributed by atoms with Gasteiger partial charge in [0.2, 0.25) is 0 Å². The van der Waals surface area contributed by atoms with Crippen molar-refractivity contribution in [2.45, 2.75) is 13.3 Å². The third-order valence-electron chi connectivity index (χ3n) is 3.70. The summed E-state index contributed by atoms with van der Waals surface area (Å²) in [5.41, 5.74) is 1.74. The maximum absolute atomic E-state index is 12.7. The minimum Gasteiger partial charge on any atom is -0.493 e. The number of fused-ring (bicyclic) bond motifs is 1. The number of hydrogen-bond donors (Lipinski definition) is 0. The minimum atomic E-state index is -0.151. The van der Waals surface area contributed by atoms with Gasteiger partial charge in [-0.1, -0.05) is 30.3 Å². The SMILES string of the molecule is CCOc1ccccc1C(=O)C1COc2ccccc2C1. The first-order chi connectivity index (χ1) is 10.3. The maximum Gasteiger partial charge on any atom is 0.173 e. The average molecular weight is 282 g/mol. The molecule has 1 aliphatic heterocycles. The molecule has 1 atom stereocenters. The molecule has 21 heavy (non-hydrogen) atoms. The molecule has 0 aromatic heterocycles. The number of para-hydroxylation sites is 2. The molecule has 0 bridgehead atoms. The van der Waals surface area contributed by atoms with Gasteiger partial charge in [-0.25, -0.2) is 0 Å². The van der Waals surface area contributed by atoms with Gasteiger partial charge in [-0.15, -0.1) is 0 Å². The lowest BCUT2D eigenvalue weighted by molar-refractivity contribution is 0.0851. The van der Waals surface area contributed by atoms with Crippen molar-refractivity contribution in [3.8, 4) is 11.5 Å².